The van der Waals surface area contributed by atoms with Gasteiger partial charge in [-0.3, -0.25) is 0 Å². The molecule has 1 N–H and O–H groups in total. The maximum Gasteiger partial charge on any atom is 0.109 e. The third-order valence-corrected chi connectivity index (χ3v) is 3.73. The van der Waals surface area contributed by atoms with Crippen LogP contribution in [0.15, 0.2) is 22.8 Å². The minimum absolute atomic E-state index is 0.325. The molecular weight excluding hydrogens is 174 g/mol. The molecule has 76 valence electrons. The van der Waals surface area contributed by atoms with Gasteiger partial charge >= 0.3 is 0 Å². The van der Waals surface area contributed by atoms with Crippen molar-refractivity contribution in [3.05, 3.63) is 24.2 Å². The summed E-state index contributed by atoms with van der Waals surface area (Å²) in [5.41, 5.74) is 0.325. The lowest BCUT2D eigenvalue weighted by Crippen LogP contribution is -2.21. The molecule has 1 heterocycles. The van der Waals surface area contributed by atoms with E-state index in [-0.39, 0.29) is 0 Å². The van der Waals surface area contributed by atoms with E-state index in [0.29, 0.717) is 5.41 Å². The Morgan fingerprint density at radius 1 is 1.57 bits per heavy atom. The zero-order chi connectivity index (χ0) is 9.60. The summed E-state index contributed by atoms with van der Waals surface area (Å²) in [5, 5.41) is 3.59. The third kappa shape index (κ3) is 1.38. The normalized spacial score (nSPS) is 35.9. The van der Waals surface area contributed by atoms with Crippen molar-refractivity contribution in [2.24, 2.45) is 5.92 Å². The van der Waals surface area contributed by atoms with Crippen molar-refractivity contribution in [2.45, 2.75) is 37.6 Å². The fraction of sp³-hybridized carbons (Fsp3) is 0.667. The van der Waals surface area contributed by atoms with Crippen LogP contribution < -0.4 is 5.32 Å². The lowest BCUT2D eigenvalue weighted by Gasteiger charge is -2.08. The highest BCUT2D eigenvalue weighted by molar-refractivity contribution is 5.24. The first-order valence-corrected chi connectivity index (χ1v) is 5.56. The van der Waals surface area contributed by atoms with E-state index in [9.17, 15) is 0 Å². The summed E-state index contributed by atoms with van der Waals surface area (Å²) in [7, 11) is 0. The third-order valence-electron chi connectivity index (χ3n) is 3.73. The minimum Gasteiger partial charge on any atom is -0.469 e. The molecule has 2 atom stereocenters. The number of hydrogen-bond acceptors (Lipinski definition) is 2. The smallest absolute Gasteiger partial charge is 0.109 e. The van der Waals surface area contributed by atoms with Gasteiger partial charge in [0.1, 0.15) is 5.76 Å². The molecule has 2 aliphatic rings. The summed E-state index contributed by atoms with van der Waals surface area (Å²) in [6.45, 7) is 3.48. The number of furan rings is 1. The first-order chi connectivity index (χ1) is 6.79. The van der Waals surface area contributed by atoms with Crippen LogP contribution in [0.3, 0.4) is 0 Å². The molecule has 0 aliphatic heterocycles. The Morgan fingerprint density at radius 2 is 2.43 bits per heavy atom. The Bertz CT molecular complexity index is 315. The highest BCUT2D eigenvalue weighted by atomic mass is 16.3. The van der Waals surface area contributed by atoms with E-state index in [0.717, 1.165) is 12.0 Å². The first-order valence-electron chi connectivity index (χ1n) is 5.56. The van der Waals surface area contributed by atoms with Gasteiger partial charge < -0.3 is 9.73 Å². The van der Waals surface area contributed by atoms with Gasteiger partial charge in [-0.25, -0.2) is 0 Å². The van der Waals surface area contributed by atoms with Crippen molar-refractivity contribution in [1.29, 1.82) is 0 Å². The largest absolute Gasteiger partial charge is 0.469 e. The van der Waals surface area contributed by atoms with Gasteiger partial charge in [0.2, 0.25) is 0 Å². The summed E-state index contributed by atoms with van der Waals surface area (Å²) in [4.78, 5) is 0. The molecule has 2 nitrogen and oxygen atoms in total. The van der Waals surface area contributed by atoms with Crippen molar-refractivity contribution < 1.29 is 4.42 Å². The van der Waals surface area contributed by atoms with E-state index in [1.807, 2.05) is 6.07 Å². The lowest BCUT2D eigenvalue weighted by atomic mass is 10.0. The topological polar surface area (TPSA) is 25.2 Å². The highest BCUT2D eigenvalue weighted by Gasteiger charge is 2.53. The number of rotatable bonds is 4. The van der Waals surface area contributed by atoms with Crippen LogP contribution in [0, 0.1) is 5.92 Å². The molecular formula is C12H17NO. The van der Waals surface area contributed by atoms with Gasteiger partial charge in [0.15, 0.2) is 0 Å². The maximum atomic E-state index is 5.49. The van der Waals surface area contributed by atoms with E-state index in [2.05, 4.69) is 18.3 Å². The molecule has 0 aromatic carbocycles. The van der Waals surface area contributed by atoms with E-state index >= 15 is 0 Å². The second-order valence-corrected chi connectivity index (χ2v) is 4.98. The monoisotopic (exact) mass is 191 g/mol. The van der Waals surface area contributed by atoms with Gasteiger partial charge in [-0.2, -0.15) is 0 Å². The molecule has 0 radical (unpaired) electrons. The standard InChI is InChI=1S/C12H17NO/c1-12(11-3-2-6-14-11)7-9(12)8-13-10-4-5-10/h2-3,6,9-10,13H,4-5,7-8H2,1H3. The molecule has 0 bridgehead atoms. The second kappa shape index (κ2) is 2.86. The molecule has 0 saturated heterocycles. The Labute approximate surface area is 84.7 Å². The van der Waals surface area contributed by atoms with Gasteiger partial charge in [0.25, 0.3) is 0 Å². The van der Waals surface area contributed by atoms with Crippen LogP contribution >= 0.6 is 0 Å². The summed E-state index contributed by atoms with van der Waals surface area (Å²) in [6, 6.07) is 4.93. The van der Waals surface area contributed by atoms with Crippen molar-refractivity contribution in [3.63, 3.8) is 0 Å². The molecule has 2 aliphatic carbocycles. The van der Waals surface area contributed by atoms with Gasteiger partial charge in [-0.1, -0.05) is 6.92 Å². The molecule has 1 aromatic heterocycles. The van der Waals surface area contributed by atoms with Crippen molar-refractivity contribution >= 4 is 0 Å². The molecule has 0 amide bonds. The van der Waals surface area contributed by atoms with Crippen LogP contribution in [0.1, 0.15) is 31.9 Å². The molecule has 3 rings (SSSR count). The van der Waals surface area contributed by atoms with Crippen LogP contribution in [0.4, 0.5) is 0 Å². The number of nitrogens with one attached hydrogen (secondary N) is 1. The zero-order valence-electron chi connectivity index (χ0n) is 8.62. The minimum atomic E-state index is 0.325. The summed E-state index contributed by atoms with van der Waals surface area (Å²) >= 11 is 0. The molecule has 2 heteroatoms. The molecule has 2 fully saturated rings. The summed E-state index contributed by atoms with van der Waals surface area (Å²) < 4.78 is 5.49. The van der Waals surface area contributed by atoms with Crippen LogP contribution in [0.25, 0.3) is 0 Å². The van der Waals surface area contributed by atoms with Crippen LogP contribution in [0.2, 0.25) is 0 Å². The Balaban J connectivity index is 1.59. The molecule has 0 spiro atoms. The fourth-order valence-electron chi connectivity index (χ4n) is 2.25. The first kappa shape index (κ1) is 8.54. The van der Waals surface area contributed by atoms with Crippen molar-refractivity contribution in [2.75, 3.05) is 6.54 Å². The van der Waals surface area contributed by atoms with Crippen LogP contribution in [0.5, 0.6) is 0 Å². The Morgan fingerprint density at radius 3 is 3.07 bits per heavy atom. The predicted octanol–water partition coefficient (Wildman–Crippen LogP) is 2.31. The van der Waals surface area contributed by atoms with E-state index in [1.54, 1.807) is 6.26 Å². The molecule has 1 aromatic rings. The van der Waals surface area contributed by atoms with Gasteiger partial charge in [0.05, 0.1) is 6.26 Å². The summed E-state index contributed by atoms with van der Waals surface area (Å²) in [6.07, 6.45) is 5.82. The van der Waals surface area contributed by atoms with E-state index in [1.165, 1.54) is 31.6 Å². The summed E-state index contributed by atoms with van der Waals surface area (Å²) in [5.74, 6) is 1.95. The maximum absolute atomic E-state index is 5.49. The Hall–Kier alpha value is -0.760. The van der Waals surface area contributed by atoms with Crippen molar-refractivity contribution in [3.8, 4) is 0 Å². The highest BCUT2D eigenvalue weighted by Crippen LogP contribution is 2.53. The predicted molar refractivity (Wildman–Crippen MR) is 55.2 cm³/mol. The van der Waals surface area contributed by atoms with E-state index in [4.69, 9.17) is 4.42 Å². The molecule has 2 unspecified atom stereocenters. The van der Waals surface area contributed by atoms with Gasteiger partial charge in [-0.05, 0) is 43.9 Å². The van der Waals surface area contributed by atoms with Gasteiger partial charge in [0, 0.05) is 11.5 Å². The molecule has 14 heavy (non-hydrogen) atoms. The van der Waals surface area contributed by atoms with E-state index < -0.39 is 0 Å². The Kier molecular flexibility index (Phi) is 1.75. The average molecular weight is 191 g/mol. The quantitative estimate of drug-likeness (QED) is 0.790. The van der Waals surface area contributed by atoms with Gasteiger partial charge in [-0.15, -0.1) is 0 Å². The lowest BCUT2D eigenvalue weighted by molar-refractivity contribution is 0.441. The van der Waals surface area contributed by atoms with Crippen molar-refractivity contribution in [1.82, 2.24) is 5.32 Å². The fourth-order valence-corrected chi connectivity index (χ4v) is 2.25. The number of hydrogen-bond donors (Lipinski definition) is 1. The second-order valence-electron chi connectivity index (χ2n) is 4.98. The molecule has 2 saturated carbocycles. The van der Waals surface area contributed by atoms with Crippen LogP contribution in [-0.2, 0) is 5.41 Å². The average Bonchev–Trinajstić information content (AvgIpc) is 3.04. The van der Waals surface area contributed by atoms with Crippen LogP contribution in [-0.4, -0.2) is 12.6 Å². The SMILES string of the molecule is CC1(c2ccco2)CC1CNC1CC1. The zero-order valence-corrected chi connectivity index (χ0v) is 8.62.